The van der Waals surface area contributed by atoms with Crippen molar-refractivity contribution < 1.29 is 9.59 Å². The molecule has 1 aromatic carbocycles. The number of hydrogen-bond donors (Lipinski definition) is 1. The summed E-state index contributed by atoms with van der Waals surface area (Å²) < 4.78 is 0. The summed E-state index contributed by atoms with van der Waals surface area (Å²) in [5.41, 5.74) is 2.83. The summed E-state index contributed by atoms with van der Waals surface area (Å²) >= 11 is 3.39. The predicted molar refractivity (Wildman–Crippen MR) is 104 cm³/mol. The Labute approximate surface area is 157 Å². The molecule has 3 aliphatic rings. The van der Waals surface area contributed by atoms with Gasteiger partial charge in [-0.3, -0.25) is 14.9 Å². The number of nitrogens with zero attached hydrogens (tertiary/aromatic N) is 1. The van der Waals surface area contributed by atoms with E-state index in [2.05, 4.69) is 29.6 Å². The van der Waals surface area contributed by atoms with E-state index in [1.165, 1.54) is 11.1 Å². The van der Waals surface area contributed by atoms with Gasteiger partial charge < -0.3 is 4.90 Å². The Morgan fingerprint density at radius 1 is 1.24 bits per heavy atom. The van der Waals surface area contributed by atoms with E-state index in [-0.39, 0.29) is 23.0 Å². The molecule has 4 rings (SSSR count). The first-order chi connectivity index (χ1) is 12.2. The lowest BCUT2D eigenvalue weighted by molar-refractivity contribution is -0.133. The van der Waals surface area contributed by atoms with Crippen LogP contribution in [0.25, 0.3) is 0 Å². The van der Waals surface area contributed by atoms with Crippen molar-refractivity contribution in [2.45, 2.75) is 37.0 Å². The Bertz CT molecular complexity index is 661. The fourth-order valence-electron chi connectivity index (χ4n) is 4.06. The number of carbonyl (C=O) groups is 2. The van der Waals surface area contributed by atoms with Crippen molar-refractivity contribution in [3.05, 3.63) is 35.4 Å². The summed E-state index contributed by atoms with van der Waals surface area (Å²) in [6.45, 7) is 0.812. The van der Waals surface area contributed by atoms with Crippen molar-refractivity contribution >= 4 is 35.2 Å². The Kier molecular flexibility index (Phi) is 5.39. The van der Waals surface area contributed by atoms with Gasteiger partial charge in [-0.2, -0.15) is 0 Å². The highest BCUT2D eigenvalue weighted by molar-refractivity contribution is 8.01. The SMILES string of the molecule is O=C(C[C@@H]1CCc2ccccc2C1)C1SCN[C@@H]1C(=O)N1CCSC1. The van der Waals surface area contributed by atoms with Crippen LogP contribution in [0.4, 0.5) is 0 Å². The molecule has 25 heavy (non-hydrogen) atoms. The van der Waals surface area contributed by atoms with Crippen LogP contribution >= 0.6 is 23.5 Å². The maximum Gasteiger partial charge on any atom is 0.242 e. The minimum atomic E-state index is -0.327. The van der Waals surface area contributed by atoms with Gasteiger partial charge in [-0.25, -0.2) is 0 Å². The van der Waals surface area contributed by atoms with Gasteiger partial charge in [0.2, 0.25) is 5.91 Å². The monoisotopic (exact) mass is 376 g/mol. The highest BCUT2D eigenvalue weighted by Crippen LogP contribution is 2.31. The first-order valence-corrected chi connectivity index (χ1v) is 11.2. The van der Waals surface area contributed by atoms with E-state index in [4.69, 9.17) is 0 Å². The summed E-state index contributed by atoms with van der Waals surface area (Å²) in [4.78, 5) is 27.5. The number of carbonyl (C=O) groups excluding carboxylic acids is 2. The van der Waals surface area contributed by atoms with Crippen LogP contribution in [0.3, 0.4) is 0 Å². The molecule has 0 spiro atoms. The second-order valence-corrected chi connectivity index (χ2v) is 9.30. The highest BCUT2D eigenvalue weighted by atomic mass is 32.2. The molecule has 2 fully saturated rings. The second-order valence-electron chi connectivity index (χ2n) is 7.10. The van der Waals surface area contributed by atoms with Crippen LogP contribution in [0.1, 0.15) is 24.0 Å². The third-order valence-corrected chi connectivity index (χ3v) is 7.65. The van der Waals surface area contributed by atoms with Crippen molar-refractivity contribution in [1.82, 2.24) is 10.2 Å². The van der Waals surface area contributed by atoms with Gasteiger partial charge in [0.25, 0.3) is 0 Å². The Balaban J connectivity index is 1.38. The molecular weight excluding hydrogens is 352 g/mol. The normalized spacial score (nSPS) is 28.8. The number of benzene rings is 1. The number of amides is 1. The minimum Gasteiger partial charge on any atom is -0.331 e. The fraction of sp³-hybridized carbons (Fsp3) is 0.579. The smallest absolute Gasteiger partial charge is 0.242 e. The second kappa shape index (κ2) is 7.72. The van der Waals surface area contributed by atoms with Gasteiger partial charge in [0.15, 0.2) is 0 Å². The van der Waals surface area contributed by atoms with Crippen LogP contribution < -0.4 is 5.32 Å². The lowest BCUT2D eigenvalue weighted by atomic mass is 9.81. The molecule has 1 amide bonds. The van der Waals surface area contributed by atoms with Gasteiger partial charge in [0.05, 0.1) is 11.1 Å². The summed E-state index contributed by atoms with van der Waals surface area (Å²) in [6, 6.07) is 8.25. The number of hydrogen-bond acceptors (Lipinski definition) is 5. The molecule has 1 aliphatic carbocycles. The summed E-state index contributed by atoms with van der Waals surface area (Å²) in [6.07, 6.45) is 3.74. The van der Waals surface area contributed by atoms with Gasteiger partial charge in [0.1, 0.15) is 11.8 Å². The summed E-state index contributed by atoms with van der Waals surface area (Å²) in [5, 5.41) is 3.05. The quantitative estimate of drug-likeness (QED) is 0.874. The van der Waals surface area contributed by atoms with E-state index < -0.39 is 0 Å². The molecule has 0 saturated carbocycles. The lowest BCUT2D eigenvalue weighted by Crippen LogP contribution is -2.49. The molecule has 2 heterocycles. The van der Waals surface area contributed by atoms with Crippen molar-refractivity contribution in [3.63, 3.8) is 0 Å². The number of thioether (sulfide) groups is 2. The lowest BCUT2D eigenvalue weighted by Gasteiger charge is -2.26. The van der Waals surface area contributed by atoms with Crippen molar-refractivity contribution in [3.8, 4) is 0 Å². The van der Waals surface area contributed by atoms with Crippen LogP contribution in [0.2, 0.25) is 0 Å². The molecule has 0 bridgehead atoms. The number of nitrogens with one attached hydrogen (secondary N) is 1. The maximum atomic E-state index is 12.9. The molecule has 1 aromatic rings. The minimum absolute atomic E-state index is 0.113. The first kappa shape index (κ1) is 17.4. The molecule has 134 valence electrons. The standard InChI is InChI=1S/C19H24N2O2S2/c22-16(10-13-5-6-14-3-1-2-4-15(14)9-13)18-17(20-11-25-18)19(23)21-7-8-24-12-21/h1-4,13,17-18,20H,5-12H2/t13-,17+,18?/m1/s1. The summed E-state index contributed by atoms with van der Waals surface area (Å²) in [5.74, 6) is 3.25. The Morgan fingerprint density at radius 2 is 2.08 bits per heavy atom. The van der Waals surface area contributed by atoms with E-state index in [1.54, 1.807) is 23.5 Å². The highest BCUT2D eigenvalue weighted by Gasteiger charge is 2.41. The maximum absolute atomic E-state index is 12.9. The molecular formula is C19H24N2O2S2. The first-order valence-electron chi connectivity index (χ1n) is 9.03. The van der Waals surface area contributed by atoms with Crippen LogP contribution in [-0.4, -0.2) is 51.9 Å². The van der Waals surface area contributed by atoms with Gasteiger partial charge in [-0.15, -0.1) is 23.5 Å². The van der Waals surface area contributed by atoms with Crippen molar-refractivity contribution in [2.24, 2.45) is 5.92 Å². The third kappa shape index (κ3) is 3.76. The van der Waals surface area contributed by atoms with E-state index in [0.29, 0.717) is 18.2 Å². The number of aryl methyl sites for hydroxylation is 1. The van der Waals surface area contributed by atoms with Crippen LogP contribution in [0.15, 0.2) is 24.3 Å². The van der Waals surface area contributed by atoms with E-state index in [1.807, 2.05) is 4.90 Å². The molecule has 1 N–H and O–H groups in total. The zero-order chi connectivity index (χ0) is 17.2. The van der Waals surface area contributed by atoms with Crippen molar-refractivity contribution in [2.75, 3.05) is 24.1 Å². The summed E-state index contributed by atoms with van der Waals surface area (Å²) in [7, 11) is 0. The number of fused-ring (bicyclic) bond motifs is 1. The van der Waals surface area contributed by atoms with Gasteiger partial charge in [-0.1, -0.05) is 24.3 Å². The molecule has 0 aromatic heterocycles. The molecule has 4 nitrogen and oxygen atoms in total. The third-order valence-electron chi connectivity index (χ3n) is 5.46. The van der Waals surface area contributed by atoms with Gasteiger partial charge in [-0.05, 0) is 36.3 Å². The molecule has 2 aliphatic heterocycles. The number of Topliss-reactive ketones (excluding diaryl/α,β-unsaturated/α-hetero) is 1. The van der Waals surface area contributed by atoms with E-state index in [0.717, 1.165) is 37.4 Å². The fourth-order valence-corrected chi connectivity index (χ4v) is 6.16. The van der Waals surface area contributed by atoms with E-state index in [9.17, 15) is 9.59 Å². The molecule has 3 atom stereocenters. The van der Waals surface area contributed by atoms with Crippen LogP contribution in [0.5, 0.6) is 0 Å². The number of rotatable bonds is 4. The number of ketones is 1. The predicted octanol–water partition coefficient (Wildman–Crippen LogP) is 2.31. The zero-order valence-electron chi connectivity index (χ0n) is 14.3. The Morgan fingerprint density at radius 3 is 2.88 bits per heavy atom. The van der Waals surface area contributed by atoms with Crippen molar-refractivity contribution in [1.29, 1.82) is 0 Å². The average Bonchev–Trinajstić information content (AvgIpc) is 3.33. The van der Waals surface area contributed by atoms with Crippen LogP contribution in [-0.2, 0) is 22.4 Å². The van der Waals surface area contributed by atoms with Gasteiger partial charge >= 0.3 is 0 Å². The average molecular weight is 377 g/mol. The molecule has 0 radical (unpaired) electrons. The zero-order valence-corrected chi connectivity index (χ0v) is 15.9. The largest absolute Gasteiger partial charge is 0.331 e. The Hall–Kier alpha value is -0.980. The molecule has 6 heteroatoms. The molecule has 2 saturated heterocycles. The van der Waals surface area contributed by atoms with Gasteiger partial charge in [0, 0.05) is 24.6 Å². The molecule has 1 unspecified atom stereocenters. The van der Waals surface area contributed by atoms with Crippen LogP contribution in [0, 0.1) is 5.92 Å². The topological polar surface area (TPSA) is 49.4 Å². The van der Waals surface area contributed by atoms with E-state index >= 15 is 0 Å².